The lowest BCUT2D eigenvalue weighted by atomic mass is 10.1. The normalized spacial score (nSPS) is 9.81. The van der Waals surface area contributed by atoms with Crippen LogP contribution in [-0.4, -0.2) is 9.97 Å². The lowest BCUT2D eigenvalue weighted by molar-refractivity contribution is 1.18. The average Bonchev–Trinajstić information content (AvgIpc) is 2.28. The fourth-order valence-electron chi connectivity index (χ4n) is 1.21. The third-order valence-electron chi connectivity index (χ3n) is 1.94. The minimum absolute atomic E-state index is 0.291. The molecule has 0 saturated carbocycles. The van der Waals surface area contributed by atoms with Crippen molar-refractivity contribution >= 4 is 23.2 Å². The van der Waals surface area contributed by atoms with Crippen LogP contribution in [0.1, 0.15) is 5.56 Å². The van der Waals surface area contributed by atoms with Crippen LogP contribution < -0.4 is 0 Å². The second kappa shape index (κ2) is 4.48. The first-order valence-electron chi connectivity index (χ1n) is 4.39. The van der Waals surface area contributed by atoms with Crippen molar-refractivity contribution in [2.45, 2.75) is 0 Å². The van der Waals surface area contributed by atoms with E-state index in [1.807, 2.05) is 6.07 Å². The van der Waals surface area contributed by atoms with Crippen LogP contribution >= 0.6 is 23.2 Å². The predicted octanol–water partition coefficient (Wildman–Crippen LogP) is 3.32. The average molecular weight is 250 g/mol. The molecule has 1 heterocycles. The van der Waals surface area contributed by atoms with Crippen molar-refractivity contribution < 1.29 is 0 Å². The predicted molar refractivity (Wildman–Crippen MR) is 62.2 cm³/mol. The van der Waals surface area contributed by atoms with Gasteiger partial charge in [-0.05, 0) is 24.3 Å². The molecule has 2 aromatic rings. The number of aromatic nitrogens is 2. The Balaban J connectivity index is 2.47. The SMILES string of the molecule is N#Cc1ccc(-c2nc(Cl)cc(Cl)n2)cc1. The molecule has 0 radical (unpaired) electrons. The highest BCUT2D eigenvalue weighted by Gasteiger charge is 2.04. The van der Waals surface area contributed by atoms with Crippen molar-refractivity contribution in [1.82, 2.24) is 9.97 Å². The van der Waals surface area contributed by atoms with Gasteiger partial charge in [0, 0.05) is 11.6 Å². The Kier molecular flexibility index (Phi) is 3.04. The molecular weight excluding hydrogens is 245 g/mol. The van der Waals surface area contributed by atoms with Gasteiger partial charge in [-0.1, -0.05) is 23.2 Å². The molecule has 2 rings (SSSR count). The summed E-state index contributed by atoms with van der Waals surface area (Å²) in [6.45, 7) is 0. The van der Waals surface area contributed by atoms with Gasteiger partial charge in [-0.25, -0.2) is 9.97 Å². The number of benzene rings is 1. The monoisotopic (exact) mass is 249 g/mol. The van der Waals surface area contributed by atoms with Crippen molar-refractivity contribution in [1.29, 1.82) is 5.26 Å². The molecule has 0 aliphatic rings. The number of nitriles is 1. The number of hydrogen-bond donors (Lipinski definition) is 0. The molecule has 0 unspecified atom stereocenters. The van der Waals surface area contributed by atoms with E-state index in [2.05, 4.69) is 9.97 Å². The van der Waals surface area contributed by atoms with Crippen LogP contribution in [0.15, 0.2) is 30.3 Å². The van der Waals surface area contributed by atoms with Gasteiger partial charge in [-0.2, -0.15) is 5.26 Å². The van der Waals surface area contributed by atoms with Crippen LogP contribution in [0, 0.1) is 11.3 Å². The van der Waals surface area contributed by atoms with E-state index in [0.29, 0.717) is 21.7 Å². The topological polar surface area (TPSA) is 49.6 Å². The number of hydrogen-bond acceptors (Lipinski definition) is 3. The Morgan fingerprint density at radius 1 is 1.00 bits per heavy atom. The van der Waals surface area contributed by atoms with Crippen molar-refractivity contribution in [2.24, 2.45) is 0 Å². The maximum atomic E-state index is 8.66. The number of halogens is 2. The summed E-state index contributed by atoms with van der Waals surface area (Å²) in [5.74, 6) is 0.446. The largest absolute Gasteiger partial charge is 0.216 e. The molecule has 0 spiro atoms. The van der Waals surface area contributed by atoms with Crippen molar-refractivity contribution in [2.75, 3.05) is 0 Å². The molecule has 0 N–H and O–H groups in total. The van der Waals surface area contributed by atoms with Gasteiger partial charge in [-0.3, -0.25) is 0 Å². The van der Waals surface area contributed by atoms with Gasteiger partial charge < -0.3 is 0 Å². The molecule has 0 fully saturated rings. The lowest BCUT2D eigenvalue weighted by Gasteiger charge is -2.01. The summed E-state index contributed by atoms with van der Waals surface area (Å²) in [6, 6.07) is 10.4. The molecule has 0 atom stereocenters. The van der Waals surface area contributed by atoms with E-state index >= 15 is 0 Å². The first kappa shape index (κ1) is 10.9. The number of rotatable bonds is 1. The summed E-state index contributed by atoms with van der Waals surface area (Å²) in [5.41, 5.74) is 1.35. The highest BCUT2D eigenvalue weighted by molar-refractivity contribution is 6.33. The Labute approximate surface area is 102 Å². The van der Waals surface area contributed by atoms with E-state index in [4.69, 9.17) is 28.5 Å². The molecule has 0 amide bonds. The van der Waals surface area contributed by atoms with Crippen molar-refractivity contribution in [3.8, 4) is 17.5 Å². The van der Waals surface area contributed by atoms with Crippen LogP contribution in [0.5, 0.6) is 0 Å². The molecule has 5 heteroatoms. The maximum Gasteiger partial charge on any atom is 0.162 e. The Bertz CT molecular complexity index is 538. The first-order chi connectivity index (χ1) is 7.69. The molecule has 0 aliphatic carbocycles. The molecule has 16 heavy (non-hydrogen) atoms. The quantitative estimate of drug-likeness (QED) is 0.729. The number of nitrogens with zero attached hydrogens (tertiary/aromatic N) is 3. The zero-order valence-corrected chi connectivity index (χ0v) is 9.50. The third-order valence-corrected chi connectivity index (χ3v) is 2.32. The molecule has 78 valence electrons. The second-order valence-electron chi connectivity index (χ2n) is 3.03. The van der Waals surface area contributed by atoms with Crippen molar-refractivity contribution in [3.63, 3.8) is 0 Å². The fourth-order valence-corrected chi connectivity index (χ4v) is 1.64. The molecule has 0 saturated heterocycles. The third kappa shape index (κ3) is 2.30. The Hall–Kier alpha value is -1.63. The summed E-state index contributed by atoms with van der Waals surface area (Å²) in [7, 11) is 0. The lowest BCUT2D eigenvalue weighted by Crippen LogP contribution is -1.90. The van der Waals surface area contributed by atoms with E-state index in [9.17, 15) is 0 Å². The van der Waals surface area contributed by atoms with Gasteiger partial charge in [-0.15, -0.1) is 0 Å². The van der Waals surface area contributed by atoms with E-state index in [1.54, 1.807) is 24.3 Å². The molecule has 1 aromatic heterocycles. The van der Waals surface area contributed by atoms with Crippen LogP contribution in [-0.2, 0) is 0 Å². The molecule has 3 nitrogen and oxygen atoms in total. The van der Waals surface area contributed by atoms with Crippen LogP contribution in [0.2, 0.25) is 10.3 Å². The maximum absolute atomic E-state index is 8.66. The highest BCUT2D eigenvalue weighted by Crippen LogP contribution is 2.20. The Morgan fingerprint density at radius 3 is 2.06 bits per heavy atom. The molecular formula is C11H5Cl2N3. The van der Waals surface area contributed by atoms with E-state index in [1.165, 1.54) is 6.07 Å². The van der Waals surface area contributed by atoms with E-state index < -0.39 is 0 Å². The van der Waals surface area contributed by atoms with Gasteiger partial charge in [0.15, 0.2) is 5.82 Å². The minimum Gasteiger partial charge on any atom is -0.216 e. The van der Waals surface area contributed by atoms with E-state index in [0.717, 1.165) is 5.56 Å². The zero-order chi connectivity index (χ0) is 11.5. The molecule has 0 aliphatic heterocycles. The van der Waals surface area contributed by atoms with Crippen molar-refractivity contribution in [3.05, 3.63) is 46.2 Å². The highest BCUT2D eigenvalue weighted by atomic mass is 35.5. The second-order valence-corrected chi connectivity index (χ2v) is 3.80. The smallest absolute Gasteiger partial charge is 0.162 e. The van der Waals surface area contributed by atoms with E-state index in [-0.39, 0.29) is 0 Å². The van der Waals surface area contributed by atoms with Gasteiger partial charge in [0.25, 0.3) is 0 Å². The van der Waals surface area contributed by atoms with Crippen LogP contribution in [0.25, 0.3) is 11.4 Å². The summed E-state index contributed by atoms with van der Waals surface area (Å²) in [4.78, 5) is 8.09. The van der Waals surface area contributed by atoms with Gasteiger partial charge in [0.1, 0.15) is 10.3 Å². The summed E-state index contributed by atoms with van der Waals surface area (Å²) < 4.78 is 0. The standard InChI is InChI=1S/C11H5Cl2N3/c12-9-5-10(13)16-11(15-9)8-3-1-7(6-14)2-4-8/h1-5H. The summed E-state index contributed by atoms with van der Waals surface area (Å²) in [5, 5.41) is 9.25. The minimum atomic E-state index is 0.291. The molecule has 1 aromatic carbocycles. The fraction of sp³-hybridized carbons (Fsp3) is 0. The summed E-state index contributed by atoms with van der Waals surface area (Å²) >= 11 is 11.5. The van der Waals surface area contributed by atoms with Crippen LogP contribution in [0.4, 0.5) is 0 Å². The zero-order valence-electron chi connectivity index (χ0n) is 7.98. The van der Waals surface area contributed by atoms with Gasteiger partial charge in [0.05, 0.1) is 11.6 Å². The first-order valence-corrected chi connectivity index (χ1v) is 5.15. The van der Waals surface area contributed by atoms with Gasteiger partial charge >= 0.3 is 0 Å². The van der Waals surface area contributed by atoms with Crippen LogP contribution in [0.3, 0.4) is 0 Å². The Morgan fingerprint density at radius 2 is 1.56 bits per heavy atom. The summed E-state index contributed by atoms with van der Waals surface area (Å²) in [6.07, 6.45) is 0. The van der Waals surface area contributed by atoms with Gasteiger partial charge in [0.2, 0.25) is 0 Å². The molecule has 0 bridgehead atoms.